The maximum atomic E-state index is 11.9. The molecule has 0 radical (unpaired) electrons. The Morgan fingerprint density at radius 2 is 1.88 bits per heavy atom. The number of aliphatic hydroxyl groups is 1. The zero-order chi connectivity index (χ0) is 24.5. The molecule has 7 N–H and O–H groups in total. The minimum absolute atomic E-state index is 0.0490. The highest BCUT2D eigenvalue weighted by Crippen LogP contribution is 2.66. The lowest BCUT2D eigenvalue weighted by molar-refractivity contribution is -0.157. The first kappa shape index (κ1) is 26.8. The molecule has 0 amide bonds. The van der Waals surface area contributed by atoms with Crippen LogP contribution in [0.5, 0.6) is 0 Å². The van der Waals surface area contributed by atoms with Gasteiger partial charge in [-0.2, -0.15) is 8.62 Å². The second kappa shape index (κ2) is 9.81. The van der Waals surface area contributed by atoms with Gasteiger partial charge in [0.25, 0.3) is 0 Å². The maximum absolute atomic E-state index is 11.9. The normalized spacial score (nSPS) is 29.9. The standard InChI is InChI=1S/C12H20N3O14P3/c1-6-14-9(13)3-4-15(6)12-11(26-7(2)16)10(17)8(27-12)5-25-31(21,22)29-32(23,24)28-30(18,19)20/h3-4,8,10-12,17H,1,5H2,2H3,(H2,13,14)(H,21,22)(H,23,24)(H2,18,19,20)/t8-,10+,11?,12-/m1/s1. The lowest BCUT2D eigenvalue weighted by atomic mass is 10.1. The third-order valence-corrected chi connectivity index (χ3v) is 7.47. The van der Waals surface area contributed by atoms with Gasteiger partial charge in [-0.25, -0.2) is 18.7 Å². The first-order chi connectivity index (χ1) is 14.5. The van der Waals surface area contributed by atoms with E-state index in [9.17, 15) is 28.5 Å². The number of aliphatic imine (C=N–C) groups is 1. The van der Waals surface area contributed by atoms with Gasteiger partial charge in [0.15, 0.2) is 12.3 Å². The van der Waals surface area contributed by atoms with Crippen molar-refractivity contribution in [2.24, 2.45) is 10.7 Å². The van der Waals surface area contributed by atoms with Crippen molar-refractivity contribution in [1.29, 1.82) is 0 Å². The number of carbonyl (C=O) groups is 1. The smallest absolute Gasteiger partial charge is 0.455 e. The Labute approximate surface area is 180 Å². The Kier molecular flexibility index (Phi) is 8.22. The number of ether oxygens (including phenoxy) is 2. The molecule has 0 aromatic heterocycles. The highest BCUT2D eigenvalue weighted by Gasteiger charge is 2.50. The Morgan fingerprint density at radius 1 is 1.25 bits per heavy atom. The fourth-order valence-corrected chi connectivity index (χ4v) is 5.62. The molecule has 32 heavy (non-hydrogen) atoms. The van der Waals surface area contributed by atoms with E-state index in [-0.39, 0.29) is 11.7 Å². The van der Waals surface area contributed by atoms with E-state index in [2.05, 4.69) is 24.7 Å². The van der Waals surface area contributed by atoms with Crippen LogP contribution in [0.15, 0.2) is 29.7 Å². The van der Waals surface area contributed by atoms with E-state index in [1.54, 1.807) is 0 Å². The van der Waals surface area contributed by atoms with Gasteiger partial charge in [-0.1, -0.05) is 6.58 Å². The Balaban J connectivity index is 2.11. The third-order valence-electron chi connectivity index (χ3n) is 3.67. The van der Waals surface area contributed by atoms with Crippen molar-refractivity contribution >= 4 is 35.3 Å². The van der Waals surface area contributed by atoms with Gasteiger partial charge in [0.2, 0.25) is 0 Å². The minimum Gasteiger partial charge on any atom is -0.455 e. The van der Waals surface area contributed by atoms with Gasteiger partial charge in [0.1, 0.15) is 23.9 Å². The molecule has 0 spiro atoms. The van der Waals surface area contributed by atoms with E-state index in [4.69, 9.17) is 29.9 Å². The van der Waals surface area contributed by atoms with Crippen LogP contribution in [-0.4, -0.2) is 72.5 Å². The molecule has 2 aliphatic rings. The molecule has 0 aromatic rings. The monoisotopic (exact) mass is 523 g/mol. The van der Waals surface area contributed by atoms with Crippen LogP contribution in [0.3, 0.4) is 0 Å². The van der Waals surface area contributed by atoms with Crippen molar-refractivity contribution < 1.29 is 65.8 Å². The first-order valence-electron chi connectivity index (χ1n) is 8.28. The molecular formula is C12H20N3O14P3. The molecule has 2 rings (SSSR count). The zero-order valence-electron chi connectivity index (χ0n) is 16.1. The van der Waals surface area contributed by atoms with Crippen molar-refractivity contribution in [2.75, 3.05) is 6.61 Å². The van der Waals surface area contributed by atoms with E-state index in [0.29, 0.717) is 0 Å². The van der Waals surface area contributed by atoms with Gasteiger partial charge in [-0.3, -0.25) is 9.32 Å². The largest absolute Gasteiger partial charge is 0.490 e. The fourth-order valence-electron chi connectivity index (χ4n) is 2.59. The van der Waals surface area contributed by atoms with E-state index in [1.165, 1.54) is 17.2 Å². The Hall–Kier alpha value is -1.45. The van der Waals surface area contributed by atoms with Crippen molar-refractivity contribution in [3.05, 3.63) is 24.7 Å². The molecule has 0 aliphatic carbocycles. The predicted octanol–water partition coefficient (Wildman–Crippen LogP) is -0.995. The fraction of sp³-hybridized carbons (Fsp3) is 0.500. The molecule has 182 valence electrons. The second-order valence-corrected chi connectivity index (χ2v) is 10.6. The highest BCUT2D eigenvalue weighted by molar-refractivity contribution is 7.66. The number of nitrogens with zero attached hydrogens (tertiary/aromatic N) is 2. The molecule has 0 aromatic carbocycles. The third kappa shape index (κ3) is 7.56. The number of aliphatic hydroxyl groups excluding tert-OH is 1. The summed E-state index contributed by atoms with van der Waals surface area (Å²) in [5, 5.41) is 10.5. The molecule has 2 heterocycles. The molecule has 2 aliphatic heterocycles. The average Bonchev–Trinajstić information content (AvgIpc) is 2.85. The van der Waals surface area contributed by atoms with Crippen LogP contribution in [0.1, 0.15) is 6.92 Å². The van der Waals surface area contributed by atoms with Crippen LogP contribution < -0.4 is 5.73 Å². The van der Waals surface area contributed by atoms with Crippen molar-refractivity contribution in [3.8, 4) is 0 Å². The van der Waals surface area contributed by atoms with Crippen molar-refractivity contribution in [2.45, 2.75) is 31.5 Å². The summed E-state index contributed by atoms with van der Waals surface area (Å²) in [5.41, 5.74) is 5.55. The summed E-state index contributed by atoms with van der Waals surface area (Å²) in [4.78, 5) is 52.3. The SMILES string of the molecule is C=C1N=C(N)C=CN1[C@@H]1O[C@H](COP(=O)(O)OP(=O)(O)OP(=O)(O)O)[C@H](O)C1OC(C)=O. The van der Waals surface area contributed by atoms with Gasteiger partial charge in [-0.15, -0.1) is 0 Å². The Morgan fingerprint density at radius 3 is 2.41 bits per heavy atom. The molecule has 17 nitrogen and oxygen atoms in total. The van der Waals surface area contributed by atoms with E-state index in [1.807, 2.05) is 0 Å². The molecule has 20 heteroatoms. The molecule has 1 fully saturated rings. The number of hydrogen-bond donors (Lipinski definition) is 6. The first-order valence-corrected chi connectivity index (χ1v) is 12.8. The summed E-state index contributed by atoms with van der Waals surface area (Å²) in [5.74, 6) is -0.642. The summed E-state index contributed by atoms with van der Waals surface area (Å²) in [6.45, 7) is 3.73. The molecule has 0 saturated carbocycles. The average molecular weight is 523 g/mol. The van der Waals surface area contributed by atoms with E-state index >= 15 is 0 Å². The molecule has 3 unspecified atom stereocenters. The van der Waals surface area contributed by atoms with Gasteiger partial charge in [0.05, 0.1) is 6.61 Å². The molecule has 6 atom stereocenters. The van der Waals surface area contributed by atoms with E-state index < -0.39 is 60.6 Å². The number of phosphoric acid groups is 3. The van der Waals surface area contributed by atoms with Crippen LogP contribution in [0, 0.1) is 0 Å². The number of esters is 1. The maximum Gasteiger partial charge on any atom is 0.490 e. The van der Waals surface area contributed by atoms with Gasteiger partial charge >= 0.3 is 29.4 Å². The second-order valence-electron chi connectivity index (χ2n) is 6.19. The number of phosphoric ester groups is 1. The van der Waals surface area contributed by atoms with Crippen molar-refractivity contribution in [1.82, 2.24) is 4.90 Å². The summed E-state index contributed by atoms with van der Waals surface area (Å²) in [6.07, 6.45) is -2.97. The lowest BCUT2D eigenvalue weighted by Gasteiger charge is -2.31. The van der Waals surface area contributed by atoms with E-state index in [0.717, 1.165) is 6.92 Å². The van der Waals surface area contributed by atoms with Gasteiger partial charge in [0, 0.05) is 13.1 Å². The minimum atomic E-state index is -5.72. The quantitative estimate of drug-likeness (QED) is 0.156. The van der Waals surface area contributed by atoms with Gasteiger partial charge < -0.3 is 44.8 Å². The molecule has 1 saturated heterocycles. The van der Waals surface area contributed by atoms with Crippen LogP contribution in [-0.2, 0) is 41.1 Å². The number of carbonyl (C=O) groups excluding carboxylic acids is 1. The molecular weight excluding hydrogens is 503 g/mol. The Bertz CT molecular complexity index is 962. The summed E-state index contributed by atoms with van der Waals surface area (Å²) in [6, 6.07) is 0. The van der Waals surface area contributed by atoms with Gasteiger partial charge in [-0.05, 0) is 6.08 Å². The van der Waals surface area contributed by atoms with Crippen LogP contribution >= 0.6 is 23.5 Å². The highest BCUT2D eigenvalue weighted by atomic mass is 31.3. The number of nitrogens with two attached hydrogens (primary N) is 1. The molecule has 0 bridgehead atoms. The van der Waals surface area contributed by atoms with Crippen LogP contribution in [0.2, 0.25) is 0 Å². The zero-order valence-corrected chi connectivity index (χ0v) is 18.8. The van der Waals surface area contributed by atoms with Crippen molar-refractivity contribution in [3.63, 3.8) is 0 Å². The lowest BCUT2D eigenvalue weighted by Crippen LogP contribution is -2.44. The number of rotatable bonds is 9. The summed E-state index contributed by atoms with van der Waals surface area (Å²) < 4.78 is 56.1. The summed E-state index contributed by atoms with van der Waals surface area (Å²) >= 11 is 0. The van der Waals surface area contributed by atoms with Crippen LogP contribution in [0.25, 0.3) is 0 Å². The number of amidine groups is 1. The number of hydrogen-bond acceptors (Lipinski definition) is 13. The van der Waals surface area contributed by atoms with Crippen LogP contribution in [0.4, 0.5) is 0 Å². The summed E-state index contributed by atoms with van der Waals surface area (Å²) in [7, 11) is -16.7. The predicted molar refractivity (Wildman–Crippen MR) is 102 cm³/mol. The topological polar surface area (TPSA) is 257 Å².